The van der Waals surface area contributed by atoms with Gasteiger partial charge in [0, 0.05) is 5.02 Å². The van der Waals surface area contributed by atoms with Crippen LogP contribution in [-0.2, 0) is 0 Å². The molecule has 0 saturated heterocycles. The van der Waals surface area contributed by atoms with E-state index in [9.17, 15) is 5.11 Å². The highest BCUT2D eigenvalue weighted by molar-refractivity contribution is 7.11. The summed E-state index contributed by atoms with van der Waals surface area (Å²) in [7, 11) is 0. The van der Waals surface area contributed by atoms with Gasteiger partial charge < -0.3 is 5.11 Å². The van der Waals surface area contributed by atoms with Crippen molar-refractivity contribution >= 4 is 22.9 Å². The zero-order valence-electron chi connectivity index (χ0n) is 9.07. The molecule has 1 heterocycles. The van der Waals surface area contributed by atoms with Crippen molar-refractivity contribution in [3.05, 3.63) is 50.4 Å². The average molecular weight is 254 g/mol. The maximum absolute atomic E-state index is 10.2. The Kier molecular flexibility index (Phi) is 3.28. The van der Waals surface area contributed by atoms with Crippen LogP contribution < -0.4 is 0 Å². The van der Waals surface area contributed by atoms with Crippen LogP contribution in [0, 0.1) is 13.8 Å². The lowest BCUT2D eigenvalue weighted by molar-refractivity contribution is 0.223. The van der Waals surface area contributed by atoms with E-state index in [0.29, 0.717) is 5.02 Å². The van der Waals surface area contributed by atoms with Crippen molar-refractivity contribution in [1.82, 2.24) is 4.98 Å². The first kappa shape index (κ1) is 11.6. The van der Waals surface area contributed by atoms with E-state index in [1.807, 2.05) is 26.0 Å². The van der Waals surface area contributed by atoms with Gasteiger partial charge in [0.2, 0.25) is 0 Å². The highest BCUT2D eigenvalue weighted by Gasteiger charge is 2.16. The summed E-state index contributed by atoms with van der Waals surface area (Å²) >= 11 is 7.42. The van der Waals surface area contributed by atoms with Gasteiger partial charge in [-0.2, -0.15) is 0 Å². The first-order chi connectivity index (χ1) is 7.58. The van der Waals surface area contributed by atoms with Gasteiger partial charge in [-0.3, -0.25) is 0 Å². The number of hydrogen-bond acceptors (Lipinski definition) is 3. The Morgan fingerprint density at radius 3 is 2.69 bits per heavy atom. The molecular weight excluding hydrogens is 242 g/mol. The average Bonchev–Trinajstić information content (AvgIpc) is 2.57. The number of aromatic nitrogens is 1. The molecule has 2 aromatic rings. The molecule has 1 N–H and O–H groups in total. The minimum Gasteiger partial charge on any atom is -0.383 e. The molecule has 1 aromatic carbocycles. The zero-order chi connectivity index (χ0) is 11.7. The van der Waals surface area contributed by atoms with Gasteiger partial charge in [-0.1, -0.05) is 23.7 Å². The molecule has 16 heavy (non-hydrogen) atoms. The summed E-state index contributed by atoms with van der Waals surface area (Å²) in [5, 5.41) is 11.8. The number of aliphatic hydroxyl groups excluding tert-OH is 1. The van der Waals surface area contributed by atoms with Gasteiger partial charge in [-0.25, -0.2) is 4.98 Å². The molecule has 1 unspecified atom stereocenters. The molecule has 1 atom stereocenters. The molecule has 2 nitrogen and oxygen atoms in total. The van der Waals surface area contributed by atoms with Crippen molar-refractivity contribution in [2.24, 2.45) is 0 Å². The molecule has 2 rings (SSSR count). The molecular formula is C12H12ClNOS. The summed E-state index contributed by atoms with van der Waals surface area (Å²) in [5.41, 5.74) is 1.69. The first-order valence-electron chi connectivity index (χ1n) is 4.95. The van der Waals surface area contributed by atoms with Crippen LogP contribution in [0.1, 0.15) is 27.2 Å². The van der Waals surface area contributed by atoms with Crippen molar-refractivity contribution in [2.75, 3.05) is 0 Å². The van der Waals surface area contributed by atoms with Crippen LogP contribution in [0.25, 0.3) is 0 Å². The van der Waals surface area contributed by atoms with Crippen molar-refractivity contribution in [1.29, 1.82) is 0 Å². The largest absolute Gasteiger partial charge is 0.383 e. The smallest absolute Gasteiger partial charge is 0.115 e. The predicted octanol–water partition coefficient (Wildman–Crippen LogP) is 3.50. The number of nitrogens with zero attached hydrogens (tertiary/aromatic N) is 1. The minimum absolute atomic E-state index is 0.634. The summed E-state index contributed by atoms with van der Waals surface area (Å²) in [6.45, 7) is 3.85. The number of hydrogen-bond donors (Lipinski definition) is 1. The molecule has 0 aliphatic carbocycles. The van der Waals surface area contributed by atoms with Crippen LogP contribution in [0.4, 0.5) is 0 Å². The number of benzene rings is 1. The molecule has 0 spiro atoms. The van der Waals surface area contributed by atoms with Gasteiger partial charge in [0.15, 0.2) is 0 Å². The van der Waals surface area contributed by atoms with E-state index in [-0.39, 0.29) is 0 Å². The molecule has 0 aliphatic rings. The molecule has 0 aliphatic heterocycles. The maximum Gasteiger partial charge on any atom is 0.115 e. The molecule has 0 radical (unpaired) electrons. The fourth-order valence-corrected chi connectivity index (χ4v) is 2.77. The molecule has 1 aromatic heterocycles. The Hall–Kier alpha value is -0.900. The highest BCUT2D eigenvalue weighted by Crippen LogP contribution is 2.30. The number of aryl methyl sites for hydroxylation is 2. The Bertz CT molecular complexity index is 509. The lowest BCUT2D eigenvalue weighted by Crippen LogP contribution is -1.98. The van der Waals surface area contributed by atoms with Crippen molar-refractivity contribution in [3.8, 4) is 0 Å². The first-order valence-corrected chi connectivity index (χ1v) is 6.15. The Morgan fingerprint density at radius 1 is 1.38 bits per heavy atom. The minimum atomic E-state index is -0.634. The highest BCUT2D eigenvalue weighted by atomic mass is 35.5. The summed E-state index contributed by atoms with van der Waals surface area (Å²) < 4.78 is 0. The van der Waals surface area contributed by atoms with E-state index < -0.39 is 6.10 Å². The Balaban J connectivity index is 2.38. The second-order valence-electron chi connectivity index (χ2n) is 3.64. The van der Waals surface area contributed by atoms with Gasteiger partial charge in [0.25, 0.3) is 0 Å². The predicted molar refractivity (Wildman–Crippen MR) is 67.1 cm³/mol. The number of thiazole rings is 1. The zero-order valence-corrected chi connectivity index (χ0v) is 10.6. The van der Waals surface area contributed by atoms with E-state index >= 15 is 0 Å². The second kappa shape index (κ2) is 4.53. The molecule has 84 valence electrons. The van der Waals surface area contributed by atoms with E-state index in [1.54, 1.807) is 12.1 Å². The quantitative estimate of drug-likeness (QED) is 0.889. The van der Waals surface area contributed by atoms with Gasteiger partial charge in [0.1, 0.15) is 6.10 Å². The lowest BCUT2D eigenvalue weighted by Gasteiger charge is -2.09. The standard InChI is InChI=1S/C12H12ClNOS/c1-7-12(16-8(2)14-7)11(15)9-4-3-5-10(13)6-9/h3-6,11,15H,1-2H3. The summed E-state index contributed by atoms with van der Waals surface area (Å²) in [6.07, 6.45) is -0.634. The summed E-state index contributed by atoms with van der Waals surface area (Å²) in [5.74, 6) is 0. The van der Waals surface area contributed by atoms with Crippen LogP contribution in [0.15, 0.2) is 24.3 Å². The van der Waals surface area contributed by atoms with E-state index in [2.05, 4.69) is 4.98 Å². The van der Waals surface area contributed by atoms with Crippen LogP contribution in [-0.4, -0.2) is 10.1 Å². The monoisotopic (exact) mass is 253 g/mol. The van der Waals surface area contributed by atoms with Gasteiger partial charge >= 0.3 is 0 Å². The second-order valence-corrected chi connectivity index (χ2v) is 5.31. The molecule has 4 heteroatoms. The molecule has 0 fully saturated rings. The van der Waals surface area contributed by atoms with Crippen molar-refractivity contribution in [3.63, 3.8) is 0 Å². The normalized spacial score (nSPS) is 12.8. The fourth-order valence-electron chi connectivity index (χ4n) is 1.63. The Morgan fingerprint density at radius 2 is 2.12 bits per heavy atom. The Labute approximate surface area is 104 Å². The van der Waals surface area contributed by atoms with Crippen LogP contribution in [0.3, 0.4) is 0 Å². The molecule has 0 amide bonds. The van der Waals surface area contributed by atoms with Crippen LogP contribution in [0.2, 0.25) is 5.02 Å². The number of rotatable bonds is 2. The third-order valence-corrected chi connectivity index (χ3v) is 3.71. The summed E-state index contributed by atoms with van der Waals surface area (Å²) in [4.78, 5) is 5.19. The van der Waals surface area contributed by atoms with Crippen LogP contribution in [0.5, 0.6) is 0 Å². The molecule has 0 saturated carbocycles. The van der Waals surface area contributed by atoms with Gasteiger partial charge in [-0.05, 0) is 31.5 Å². The number of aliphatic hydroxyl groups is 1. The topological polar surface area (TPSA) is 33.1 Å². The van der Waals surface area contributed by atoms with E-state index in [1.165, 1.54) is 11.3 Å². The van der Waals surface area contributed by atoms with Crippen LogP contribution >= 0.6 is 22.9 Å². The maximum atomic E-state index is 10.2. The third-order valence-electron chi connectivity index (χ3n) is 2.35. The lowest BCUT2D eigenvalue weighted by atomic mass is 10.1. The van der Waals surface area contributed by atoms with Gasteiger partial charge in [-0.15, -0.1) is 11.3 Å². The van der Waals surface area contributed by atoms with Crippen molar-refractivity contribution in [2.45, 2.75) is 20.0 Å². The third kappa shape index (κ3) is 2.26. The SMILES string of the molecule is Cc1nc(C)c(C(O)c2cccc(Cl)c2)s1. The molecule has 0 bridgehead atoms. The van der Waals surface area contributed by atoms with Gasteiger partial charge in [0.05, 0.1) is 15.6 Å². The summed E-state index contributed by atoms with van der Waals surface area (Å²) in [6, 6.07) is 7.28. The van der Waals surface area contributed by atoms with Crippen molar-refractivity contribution < 1.29 is 5.11 Å². The van der Waals surface area contributed by atoms with E-state index in [0.717, 1.165) is 21.1 Å². The number of halogens is 1. The fraction of sp³-hybridized carbons (Fsp3) is 0.250. The van der Waals surface area contributed by atoms with E-state index in [4.69, 9.17) is 11.6 Å².